The summed E-state index contributed by atoms with van der Waals surface area (Å²) in [6, 6.07) is 15.6. The van der Waals surface area contributed by atoms with Crippen molar-refractivity contribution in [3.8, 4) is 0 Å². The third-order valence-corrected chi connectivity index (χ3v) is 5.64. The third kappa shape index (κ3) is 3.92. The second-order valence-corrected chi connectivity index (χ2v) is 7.39. The van der Waals surface area contributed by atoms with Crippen LogP contribution < -0.4 is 5.32 Å². The highest BCUT2D eigenvalue weighted by molar-refractivity contribution is 7.99. The Kier molecular flexibility index (Phi) is 5.22. The van der Waals surface area contributed by atoms with Gasteiger partial charge in [-0.3, -0.25) is 4.79 Å². The Morgan fingerprint density at radius 1 is 1.23 bits per heavy atom. The molecule has 1 aliphatic heterocycles. The van der Waals surface area contributed by atoms with Gasteiger partial charge in [-0.2, -0.15) is 0 Å². The van der Waals surface area contributed by atoms with Gasteiger partial charge in [-0.15, -0.1) is 11.8 Å². The second kappa shape index (κ2) is 7.93. The average molecular weight is 367 g/mol. The van der Waals surface area contributed by atoms with Crippen molar-refractivity contribution in [2.45, 2.75) is 30.4 Å². The van der Waals surface area contributed by atoms with Crippen LogP contribution in [-0.2, 0) is 11.3 Å². The van der Waals surface area contributed by atoms with E-state index in [0.29, 0.717) is 18.2 Å². The predicted octanol–water partition coefficient (Wildman–Crippen LogP) is 3.76. The summed E-state index contributed by atoms with van der Waals surface area (Å²) >= 11 is 1.69. The number of ether oxygens (including phenoxy) is 1. The minimum Gasteiger partial charge on any atom is -0.377 e. The molecule has 0 spiro atoms. The number of nitrogens with one attached hydrogen (secondary N) is 2. The van der Waals surface area contributed by atoms with Crippen LogP contribution in [0.15, 0.2) is 53.4 Å². The number of aromatic amines is 1. The lowest BCUT2D eigenvalue weighted by Crippen LogP contribution is -2.24. The van der Waals surface area contributed by atoms with Crippen LogP contribution in [0.2, 0.25) is 0 Å². The molecular weight excluding hydrogens is 346 g/mol. The summed E-state index contributed by atoms with van der Waals surface area (Å²) < 4.78 is 5.68. The predicted molar refractivity (Wildman–Crippen MR) is 103 cm³/mol. The molecule has 1 unspecified atom stereocenters. The maximum absolute atomic E-state index is 12.7. The van der Waals surface area contributed by atoms with Crippen LogP contribution in [0.4, 0.5) is 0 Å². The Morgan fingerprint density at radius 3 is 2.92 bits per heavy atom. The van der Waals surface area contributed by atoms with Gasteiger partial charge in [-0.1, -0.05) is 24.3 Å². The molecule has 134 valence electrons. The van der Waals surface area contributed by atoms with Gasteiger partial charge < -0.3 is 15.0 Å². The van der Waals surface area contributed by atoms with E-state index in [1.165, 1.54) is 0 Å². The summed E-state index contributed by atoms with van der Waals surface area (Å²) in [4.78, 5) is 21.4. The fourth-order valence-electron chi connectivity index (χ4n) is 3.09. The van der Waals surface area contributed by atoms with E-state index in [-0.39, 0.29) is 5.91 Å². The van der Waals surface area contributed by atoms with Gasteiger partial charge in [0.25, 0.3) is 5.91 Å². The van der Waals surface area contributed by atoms with E-state index in [2.05, 4.69) is 15.3 Å². The molecule has 6 heteroatoms. The Balaban J connectivity index is 1.40. The number of imidazole rings is 1. The minimum absolute atomic E-state index is 0.0825. The van der Waals surface area contributed by atoms with Crippen LogP contribution in [-0.4, -0.2) is 34.3 Å². The number of amides is 1. The second-order valence-electron chi connectivity index (χ2n) is 6.33. The first kappa shape index (κ1) is 17.1. The van der Waals surface area contributed by atoms with E-state index in [1.54, 1.807) is 11.8 Å². The number of benzene rings is 2. The first-order chi connectivity index (χ1) is 12.8. The summed E-state index contributed by atoms with van der Waals surface area (Å²) in [5.41, 5.74) is 2.58. The molecule has 0 aliphatic carbocycles. The number of H-pyrrole nitrogens is 1. The zero-order chi connectivity index (χ0) is 17.8. The van der Waals surface area contributed by atoms with E-state index < -0.39 is 0 Å². The molecule has 2 aromatic carbocycles. The summed E-state index contributed by atoms with van der Waals surface area (Å²) in [5, 5.41) is 2.97. The number of hydrogen-bond acceptors (Lipinski definition) is 4. The van der Waals surface area contributed by atoms with Crippen LogP contribution in [0.3, 0.4) is 0 Å². The van der Waals surface area contributed by atoms with E-state index in [4.69, 9.17) is 4.74 Å². The number of nitrogens with zero attached hydrogens (tertiary/aromatic N) is 1. The molecule has 2 heterocycles. The molecule has 2 N–H and O–H groups in total. The van der Waals surface area contributed by atoms with Gasteiger partial charge in [-0.05, 0) is 37.1 Å². The van der Waals surface area contributed by atoms with Gasteiger partial charge in [0.2, 0.25) is 0 Å². The van der Waals surface area contributed by atoms with Crippen molar-refractivity contribution in [1.29, 1.82) is 0 Å². The zero-order valence-electron chi connectivity index (χ0n) is 14.4. The molecular formula is C20H21N3O2S. The quantitative estimate of drug-likeness (QED) is 0.651. The van der Waals surface area contributed by atoms with Gasteiger partial charge in [0.15, 0.2) is 0 Å². The molecule has 1 fully saturated rings. The molecule has 1 amide bonds. The van der Waals surface area contributed by atoms with Crippen LogP contribution in [0.1, 0.15) is 29.0 Å². The molecule has 0 saturated carbocycles. The van der Waals surface area contributed by atoms with Crippen molar-refractivity contribution in [1.82, 2.24) is 15.3 Å². The molecule has 5 nitrogen and oxygen atoms in total. The highest BCUT2D eigenvalue weighted by atomic mass is 32.2. The monoisotopic (exact) mass is 367 g/mol. The Morgan fingerprint density at radius 2 is 2.08 bits per heavy atom. The number of thioether (sulfide) groups is 1. The topological polar surface area (TPSA) is 67.0 Å². The highest BCUT2D eigenvalue weighted by Crippen LogP contribution is 2.26. The number of aromatic nitrogens is 2. The van der Waals surface area contributed by atoms with Gasteiger partial charge in [0.05, 0.1) is 29.2 Å². The zero-order valence-corrected chi connectivity index (χ0v) is 15.2. The Labute approximate surface area is 156 Å². The number of hydrogen-bond donors (Lipinski definition) is 2. The van der Waals surface area contributed by atoms with Crippen molar-refractivity contribution >= 4 is 28.7 Å². The summed E-state index contributed by atoms with van der Waals surface area (Å²) in [5.74, 6) is 1.55. The normalized spacial score (nSPS) is 16.8. The van der Waals surface area contributed by atoms with E-state index in [9.17, 15) is 4.79 Å². The van der Waals surface area contributed by atoms with Crippen LogP contribution in [0, 0.1) is 0 Å². The minimum atomic E-state index is -0.0825. The number of rotatable bonds is 6. The smallest absolute Gasteiger partial charge is 0.252 e. The van der Waals surface area contributed by atoms with E-state index in [1.807, 2.05) is 48.5 Å². The first-order valence-electron chi connectivity index (χ1n) is 8.85. The molecule has 26 heavy (non-hydrogen) atoms. The maximum atomic E-state index is 12.7. The van der Waals surface area contributed by atoms with Crippen molar-refractivity contribution in [2.75, 3.05) is 12.4 Å². The van der Waals surface area contributed by atoms with Gasteiger partial charge >= 0.3 is 0 Å². The molecule has 1 saturated heterocycles. The maximum Gasteiger partial charge on any atom is 0.252 e. The van der Waals surface area contributed by atoms with E-state index >= 15 is 0 Å². The van der Waals surface area contributed by atoms with Crippen molar-refractivity contribution in [3.05, 3.63) is 59.9 Å². The molecule has 1 atom stereocenters. The summed E-state index contributed by atoms with van der Waals surface area (Å²) in [6.07, 6.45) is 2.53. The Bertz CT molecular complexity index is 870. The molecule has 0 bridgehead atoms. The number of carbonyl (C=O) groups excluding carboxylic acids is 1. The summed E-state index contributed by atoms with van der Waals surface area (Å²) in [7, 11) is 0. The lowest BCUT2D eigenvalue weighted by atomic mass is 10.2. The Hall–Kier alpha value is -2.31. The van der Waals surface area contributed by atoms with Crippen LogP contribution >= 0.6 is 11.8 Å². The average Bonchev–Trinajstić information content (AvgIpc) is 3.33. The lowest BCUT2D eigenvalue weighted by molar-refractivity contribution is 0.0947. The van der Waals surface area contributed by atoms with Crippen molar-refractivity contribution < 1.29 is 9.53 Å². The molecule has 3 aromatic rings. The molecule has 1 aromatic heterocycles. The van der Waals surface area contributed by atoms with Gasteiger partial charge in [0.1, 0.15) is 5.82 Å². The number of carbonyl (C=O) groups is 1. The van der Waals surface area contributed by atoms with Gasteiger partial charge in [-0.25, -0.2) is 4.98 Å². The third-order valence-electron chi connectivity index (χ3n) is 4.44. The van der Waals surface area contributed by atoms with Gasteiger partial charge in [0, 0.05) is 17.3 Å². The lowest BCUT2D eigenvalue weighted by Gasteiger charge is -2.12. The fraction of sp³-hybridized carbons (Fsp3) is 0.300. The summed E-state index contributed by atoms with van der Waals surface area (Å²) in [6.45, 7) is 1.23. The van der Waals surface area contributed by atoms with E-state index in [0.717, 1.165) is 47.0 Å². The van der Waals surface area contributed by atoms with Crippen molar-refractivity contribution in [3.63, 3.8) is 0 Å². The number of fused-ring (bicyclic) bond motifs is 1. The van der Waals surface area contributed by atoms with Crippen molar-refractivity contribution in [2.24, 2.45) is 0 Å². The van der Waals surface area contributed by atoms with Crippen LogP contribution in [0.25, 0.3) is 11.0 Å². The molecule has 4 rings (SSSR count). The molecule has 1 aliphatic rings. The first-order valence-corrected chi connectivity index (χ1v) is 9.83. The molecule has 0 radical (unpaired) electrons. The van der Waals surface area contributed by atoms with Crippen LogP contribution in [0.5, 0.6) is 0 Å². The largest absolute Gasteiger partial charge is 0.377 e. The fourth-order valence-corrected chi connectivity index (χ4v) is 4.21. The standard InChI is InChI=1S/C20H21N3O2S/c24-20(21-12-19-22-16-8-2-3-9-17(16)23-19)15-7-1-4-10-18(15)26-13-14-6-5-11-25-14/h1-4,7-10,14H,5-6,11-13H2,(H,21,24)(H,22,23). The SMILES string of the molecule is O=C(NCc1nc2ccccc2[nH]1)c1ccccc1SCC1CCCO1. The highest BCUT2D eigenvalue weighted by Gasteiger charge is 2.18. The number of para-hydroxylation sites is 2.